The fraction of sp³-hybridized carbons (Fsp3) is 0.161. The van der Waals surface area contributed by atoms with Gasteiger partial charge in [0.15, 0.2) is 11.6 Å². The molecule has 0 saturated heterocycles. The van der Waals surface area contributed by atoms with Crippen molar-refractivity contribution in [3.05, 3.63) is 115 Å². The minimum atomic E-state index is -1.18. The largest absolute Gasteiger partial charge is 0.508 e. The van der Waals surface area contributed by atoms with Crippen LogP contribution < -0.4 is 10.2 Å². The minimum Gasteiger partial charge on any atom is -0.508 e. The van der Waals surface area contributed by atoms with Crippen LogP contribution in [0.2, 0.25) is 0 Å². The van der Waals surface area contributed by atoms with E-state index >= 15 is 0 Å². The minimum absolute atomic E-state index is 0.246. The third-order valence-electron chi connectivity index (χ3n) is 6.11. The summed E-state index contributed by atoms with van der Waals surface area (Å²) >= 11 is 0. The van der Waals surface area contributed by atoms with E-state index in [1.807, 2.05) is 42.5 Å². The molecular weight excluding hydrogens is 504 g/mol. The molecule has 2 N–H and O–H groups in total. The van der Waals surface area contributed by atoms with Crippen molar-refractivity contribution in [3.8, 4) is 11.1 Å². The fourth-order valence-corrected chi connectivity index (χ4v) is 5.21. The first-order valence-corrected chi connectivity index (χ1v) is 13.9. The van der Waals surface area contributed by atoms with Gasteiger partial charge >= 0.3 is 0 Å². The Hall–Kier alpha value is -3.76. The summed E-state index contributed by atoms with van der Waals surface area (Å²) in [6, 6.07) is 24.2. The van der Waals surface area contributed by atoms with Crippen LogP contribution >= 0.6 is 8.58 Å². The van der Waals surface area contributed by atoms with Crippen molar-refractivity contribution >= 4 is 37.1 Å². The van der Waals surface area contributed by atoms with E-state index in [0.717, 1.165) is 45.1 Å². The van der Waals surface area contributed by atoms with Crippen molar-refractivity contribution < 1.29 is 18.3 Å². The van der Waals surface area contributed by atoms with Gasteiger partial charge in [-0.15, -0.1) is 8.58 Å². The second-order valence-corrected chi connectivity index (χ2v) is 10.3. The summed E-state index contributed by atoms with van der Waals surface area (Å²) < 4.78 is 43.5. The lowest BCUT2D eigenvalue weighted by Gasteiger charge is -2.27. The van der Waals surface area contributed by atoms with Gasteiger partial charge < -0.3 is 15.3 Å². The normalized spacial score (nSPS) is 11.2. The summed E-state index contributed by atoms with van der Waals surface area (Å²) in [5.74, 6) is -3.31. The lowest BCUT2D eigenvalue weighted by molar-refractivity contribution is 0.479. The van der Waals surface area contributed by atoms with Crippen LogP contribution in [0.25, 0.3) is 16.9 Å². The number of aliphatic hydroxyl groups is 1. The van der Waals surface area contributed by atoms with E-state index in [4.69, 9.17) is 0 Å². The highest BCUT2D eigenvalue weighted by Gasteiger charge is 2.18. The average molecular weight is 535 g/mol. The lowest BCUT2D eigenvalue weighted by atomic mass is 9.99. The quantitative estimate of drug-likeness (QED) is 0.114. The molecule has 0 fully saturated rings. The second-order valence-electron chi connectivity index (χ2n) is 8.84. The maximum atomic E-state index is 14.6. The van der Waals surface area contributed by atoms with Crippen LogP contribution in [0.15, 0.2) is 91.5 Å². The molecule has 0 aliphatic heterocycles. The fourth-order valence-electron chi connectivity index (χ4n) is 4.23. The van der Waals surface area contributed by atoms with Crippen LogP contribution in [0.5, 0.6) is 0 Å². The zero-order valence-corrected chi connectivity index (χ0v) is 22.1. The third-order valence-corrected chi connectivity index (χ3v) is 7.55. The van der Waals surface area contributed by atoms with Crippen LogP contribution in [0.1, 0.15) is 18.9 Å². The van der Waals surface area contributed by atoms with Gasteiger partial charge in [-0.25, -0.2) is 13.2 Å². The Morgan fingerprint density at radius 3 is 2.29 bits per heavy atom. The average Bonchev–Trinajstić information content (AvgIpc) is 2.92. The maximum Gasteiger partial charge on any atom is 0.169 e. The Balaban J connectivity index is 1.83. The van der Waals surface area contributed by atoms with E-state index in [-0.39, 0.29) is 11.3 Å². The van der Waals surface area contributed by atoms with E-state index in [1.54, 1.807) is 24.3 Å². The van der Waals surface area contributed by atoms with Crippen molar-refractivity contribution in [2.45, 2.75) is 13.3 Å². The number of hydrogen-bond donors (Lipinski definition) is 2. The molecule has 0 spiro atoms. The summed E-state index contributed by atoms with van der Waals surface area (Å²) in [5.41, 5.74) is 3.14. The molecule has 3 nitrogen and oxygen atoms in total. The van der Waals surface area contributed by atoms with Crippen LogP contribution in [0.3, 0.4) is 0 Å². The van der Waals surface area contributed by atoms with Crippen molar-refractivity contribution in [2.75, 3.05) is 29.1 Å². The van der Waals surface area contributed by atoms with Crippen molar-refractivity contribution in [2.24, 2.45) is 0 Å². The molecule has 7 heteroatoms. The molecule has 4 aromatic rings. The molecular formula is C31H30F3N2OP. The Bertz CT molecular complexity index is 1410. The van der Waals surface area contributed by atoms with Gasteiger partial charge in [-0.2, -0.15) is 0 Å². The summed E-state index contributed by atoms with van der Waals surface area (Å²) in [4.78, 5) is 2.20. The molecule has 0 aromatic heterocycles. The number of rotatable bonds is 11. The number of nitrogens with one attached hydrogen (secondary N) is 1. The molecule has 0 aliphatic carbocycles. The number of aliphatic hydroxyl groups excluding tert-OH is 1. The van der Waals surface area contributed by atoms with Gasteiger partial charge in [0.2, 0.25) is 0 Å². The molecule has 0 radical (unpaired) electrons. The molecule has 4 rings (SSSR count). The molecule has 1 unspecified atom stereocenters. The Kier molecular flexibility index (Phi) is 9.09. The van der Waals surface area contributed by atoms with Gasteiger partial charge in [0.05, 0.1) is 11.3 Å². The highest BCUT2D eigenvalue weighted by molar-refractivity contribution is 7.38. The number of para-hydroxylation sites is 2. The summed E-state index contributed by atoms with van der Waals surface area (Å²) in [7, 11) is 0.841. The highest BCUT2D eigenvalue weighted by atomic mass is 31.1. The number of anilines is 4. The van der Waals surface area contributed by atoms with Gasteiger partial charge in [0.25, 0.3) is 0 Å². The summed E-state index contributed by atoms with van der Waals surface area (Å²) in [5, 5.41) is 13.0. The standard InChI is InChI=1S/C31H30F3N2OP/c1-3-16-38-17-15-36(23-9-5-4-6-10-23)24-13-14-25(22-18-26(21(2)37)31(34)28(33)19-22)30(20-24)35-29-12-8-7-11-27(29)32/h4-14,18-20,35,37-38H,2-3,15-17H2,1H3. The van der Waals surface area contributed by atoms with E-state index in [1.165, 1.54) is 18.3 Å². The van der Waals surface area contributed by atoms with Gasteiger partial charge in [-0.1, -0.05) is 56.3 Å². The number of benzene rings is 4. The number of halogens is 3. The zero-order chi connectivity index (χ0) is 27.1. The van der Waals surface area contributed by atoms with Gasteiger partial charge in [0.1, 0.15) is 11.6 Å². The van der Waals surface area contributed by atoms with E-state index in [2.05, 4.69) is 23.7 Å². The Morgan fingerprint density at radius 2 is 1.58 bits per heavy atom. The smallest absolute Gasteiger partial charge is 0.169 e. The maximum absolute atomic E-state index is 14.6. The number of nitrogens with zero attached hydrogens (tertiary/aromatic N) is 1. The highest BCUT2D eigenvalue weighted by Crippen LogP contribution is 2.38. The molecule has 1 atom stereocenters. The second kappa shape index (κ2) is 12.7. The summed E-state index contributed by atoms with van der Waals surface area (Å²) in [6.07, 6.45) is 3.34. The molecule has 0 aliphatic rings. The van der Waals surface area contributed by atoms with Gasteiger partial charge in [-0.05, 0) is 66.4 Å². The first kappa shape index (κ1) is 27.3. The predicted molar refractivity (Wildman–Crippen MR) is 155 cm³/mol. The molecule has 38 heavy (non-hydrogen) atoms. The van der Waals surface area contributed by atoms with Crippen LogP contribution in [-0.4, -0.2) is 24.0 Å². The molecule has 0 bridgehead atoms. The predicted octanol–water partition coefficient (Wildman–Crippen LogP) is 9.27. The third kappa shape index (κ3) is 6.38. The molecule has 0 amide bonds. The zero-order valence-electron chi connectivity index (χ0n) is 21.1. The number of hydrogen-bond acceptors (Lipinski definition) is 3. The van der Waals surface area contributed by atoms with Gasteiger partial charge in [-0.3, -0.25) is 0 Å². The molecule has 4 aromatic carbocycles. The molecule has 0 saturated carbocycles. The molecule has 196 valence electrons. The first-order chi connectivity index (χ1) is 18.4. The van der Waals surface area contributed by atoms with Crippen LogP contribution in [0, 0.1) is 17.5 Å². The van der Waals surface area contributed by atoms with Crippen molar-refractivity contribution in [3.63, 3.8) is 0 Å². The first-order valence-electron chi connectivity index (χ1n) is 12.5. The van der Waals surface area contributed by atoms with E-state index < -0.39 is 23.2 Å². The Labute approximate surface area is 223 Å². The van der Waals surface area contributed by atoms with Crippen LogP contribution in [-0.2, 0) is 0 Å². The summed E-state index contributed by atoms with van der Waals surface area (Å²) in [6.45, 7) is 6.32. The van der Waals surface area contributed by atoms with E-state index in [0.29, 0.717) is 16.8 Å². The lowest BCUT2D eigenvalue weighted by Crippen LogP contribution is -2.20. The topological polar surface area (TPSA) is 35.5 Å². The van der Waals surface area contributed by atoms with Crippen LogP contribution in [0.4, 0.5) is 35.9 Å². The monoisotopic (exact) mass is 534 g/mol. The molecule has 0 heterocycles. The van der Waals surface area contributed by atoms with Gasteiger partial charge in [0, 0.05) is 29.2 Å². The SMILES string of the molecule is C=C(O)c1cc(-c2ccc(N(CCPCCC)c3ccccc3)cc2Nc2ccccc2F)cc(F)c1F. The van der Waals surface area contributed by atoms with Crippen molar-refractivity contribution in [1.29, 1.82) is 0 Å². The van der Waals surface area contributed by atoms with Crippen molar-refractivity contribution in [1.82, 2.24) is 0 Å². The van der Waals surface area contributed by atoms with E-state index in [9.17, 15) is 18.3 Å². The Morgan fingerprint density at radius 1 is 0.842 bits per heavy atom.